The molecule has 2 nitrogen and oxygen atoms in total. The van der Waals surface area contributed by atoms with Crippen molar-refractivity contribution in [2.75, 3.05) is 14.2 Å². The third-order valence-corrected chi connectivity index (χ3v) is 4.14. The second kappa shape index (κ2) is 6.46. The lowest BCUT2D eigenvalue weighted by Crippen LogP contribution is -1.99. The molecule has 106 valence electrons. The maximum atomic E-state index is 13.4. The fourth-order valence-corrected chi connectivity index (χ4v) is 2.87. The second-order valence-electron chi connectivity index (χ2n) is 4.14. The fraction of sp³-hybridized carbons (Fsp3) is 0.200. The Hall–Kier alpha value is -1.26. The van der Waals surface area contributed by atoms with Crippen LogP contribution in [0.2, 0.25) is 0 Å². The first-order valence-electron chi connectivity index (χ1n) is 5.87. The fourth-order valence-electron chi connectivity index (χ4n) is 1.90. The first kappa shape index (κ1) is 15.1. The Labute approximate surface area is 130 Å². The van der Waals surface area contributed by atoms with Gasteiger partial charge in [-0.2, -0.15) is 0 Å². The van der Waals surface area contributed by atoms with Gasteiger partial charge in [-0.25, -0.2) is 4.39 Å². The summed E-state index contributed by atoms with van der Waals surface area (Å²) in [4.78, 5) is 0. The highest BCUT2D eigenvalue weighted by molar-refractivity contribution is 9.10. The van der Waals surface area contributed by atoms with Crippen molar-refractivity contribution in [2.24, 2.45) is 0 Å². The van der Waals surface area contributed by atoms with E-state index >= 15 is 0 Å². The van der Waals surface area contributed by atoms with E-state index in [0.29, 0.717) is 17.1 Å². The van der Waals surface area contributed by atoms with Gasteiger partial charge in [-0.15, -0.1) is 11.6 Å². The smallest absolute Gasteiger partial charge is 0.127 e. The summed E-state index contributed by atoms with van der Waals surface area (Å²) < 4.78 is 24.6. The quantitative estimate of drug-likeness (QED) is 0.720. The molecule has 0 heterocycles. The molecular formula is C15H13BrClFO2. The zero-order chi connectivity index (χ0) is 14.7. The maximum absolute atomic E-state index is 13.4. The van der Waals surface area contributed by atoms with Crippen LogP contribution >= 0.6 is 27.5 Å². The molecule has 0 radical (unpaired) electrons. The molecule has 0 aromatic heterocycles. The predicted octanol–water partition coefficient (Wildman–Crippen LogP) is 4.93. The molecular weight excluding hydrogens is 347 g/mol. The largest absolute Gasteiger partial charge is 0.497 e. The molecule has 2 rings (SSSR count). The number of alkyl halides is 1. The van der Waals surface area contributed by atoms with Crippen LogP contribution in [0, 0.1) is 5.82 Å². The van der Waals surface area contributed by atoms with Crippen molar-refractivity contribution < 1.29 is 13.9 Å². The summed E-state index contributed by atoms with van der Waals surface area (Å²) in [5.74, 6) is 0.939. The lowest BCUT2D eigenvalue weighted by molar-refractivity contribution is 0.391. The molecule has 0 fully saturated rings. The molecule has 0 spiro atoms. The minimum Gasteiger partial charge on any atom is -0.497 e. The van der Waals surface area contributed by atoms with E-state index in [1.165, 1.54) is 12.1 Å². The normalized spacial score (nSPS) is 12.1. The van der Waals surface area contributed by atoms with Crippen LogP contribution in [0.15, 0.2) is 40.9 Å². The highest BCUT2D eigenvalue weighted by atomic mass is 79.9. The number of halogens is 3. The van der Waals surface area contributed by atoms with Crippen molar-refractivity contribution in [1.29, 1.82) is 0 Å². The standard InChI is InChI=1S/C15H13BrClFO2/c1-19-10-4-5-11(14(8-10)20-2)15(17)12-7-9(18)3-6-13(12)16/h3-8,15H,1-2H3. The first-order valence-corrected chi connectivity index (χ1v) is 7.10. The van der Waals surface area contributed by atoms with Crippen LogP contribution in [0.1, 0.15) is 16.5 Å². The van der Waals surface area contributed by atoms with Gasteiger partial charge in [0.2, 0.25) is 0 Å². The Bertz CT molecular complexity index is 619. The molecule has 0 N–H and O–H groups in total. The van der Waals surface area contributed by atoms with Gasteiger partial charge in [0.15, 0.2) is 0 Å². The molecule has 20 heavy (non-hydrogen) atoms. The molecule has 2 aromatic rings. The Kier molecular flexibility index (Phi) is 4.89. The predicted molar refractivity (Wildman–Crippen MR) is 81.3 cm³/mol. The molecule has 2 aromatic carbocycles. The Balaban J connectivity index is 2.47. The number of hydrogen-bond donors (Lipinski definition) is 0. The van der Waals surface area contributed by atoms with Gasteiger partial charge >= 0.3 is 0 Å². The van der Waals surface area contributed by atoms with Crippen molar-refractivity contribution in [3.05, 3.63) is 57.8 Å². The highest BCUT2D eigenvalue weighted by Gasteiger charge is 2.19. The summed E-state index contributed by atoms with van der Waals surface area (Å²) in [5.41, 5.74) is 1.40. The zero-order valence-corrected chi connectivity index (χ0v) is 13.3. The van der Waals surface area contributed by atoms with Crippen molar-refractivity contribution >= 4 is 27.5 Å². The van der Waals surface area contributed by atoms with E-state index < -0.39 is 5.38 Å². The molecule has 1 unspecified atom stereocenters. The van der Waals surface area contributed by atoms with Gasteiger partial charge in [-0.3, -0.25) is 0 Å². The summed E-state index contributed by atoms with van der Waals surface area (Å²) >= 11 is 9.86. The minimum absolute atomic E-state index is 0.332. The van der Waals surface area contributed by atoms with Gasteiger partial charge in [0.05, 0.1) is 19.6 Å². The lowest BCUT2D eigenvalue weighted by Gasteiger charge is -2.16. The maximum Gasteiger partial charge on any atom is 0.127 e. The Morgan fingerprint density at radius 2 is 1.80 bits per heavy atom. The first-order chi connectivity index (χ1) is 9.56. The van der Waals surface area contributed by atoms with Gasteiger partial charge in [0.1, 0.15) is 17.3 Å². The zero-order valence-electron chi connectivity index (χ0n) is 11.0. The third kappa shape index (κ3) is 3.07. The van der Waals surface area contributed by atoms with Crippen LogP contribution in [0.3, 0.4) is 0 Å². The van der Waals surface area contributed by atoms with E-state index in [-0.39, 0.29) is 5.82 Å². The highest BCUT2D eigenvalue weighted by Crippen LogP contribution is 2.39. The van der Waals surface area contributed by atoms with Crippen molar-refractivity contribution in [3.8, 4) is 11.5 Å². The van der Waals surface area contributed by atoms with E-state index in [9.17, 15) is 4.39 Å². The van der Waals surface area contributed by atoms with Crippen LogP contribution in [0.25, 0.3) is 0 Å². The lowest BCUT2D eigenvalue weighted by atomic mass is 10.0. The van der Waals surface area contributed by atoms with Crippen LogP contribution < -0.4 is 9.47 Å². The Morgan fingerprint density at radius 1 is 1.05 bits per heavy atom. The van der Waals surface area contributed by atoms with Crippen LogP contribution in [-0.2, 0) is 0 Å². The topological polar surface area (TPSA) is 18.5 Å². The molecule has 0 aliphatic carbocycles. The minimum atomic E-state index is -0.527. The van der Waals surface area contributed by atoms with E-state index in [1.54, 1.807) is 32.4 Å². The van der Waals surface area contributed by atoms with E-state index in [0.717, 1.165) is 10.0 Å². The molecule has 5 heteroatoms. The number of rotatable bonds is 4. The molecule has 0 bridgehead atoms. The van der Waals surface area contributed by atoms with Gasteiger partial charge in [-0.05, 0) is 35.9 Å². The summed E-state index contributed by atoms with van der Waals surface area (Å²) in [6.45, 7) is 0. The number of hydrogen-bond acceptors (Lipinski definition) is 2. The average molecular weight is 360 g/mol. The van der Waals surface area contributed by atoms with E-state index in [4.69, 9.17) is 21.1 Å². The summed E-state index contributed by atoms with van der Waals surface area (Å²) in [6.07, 6.45) is 0. The van der Waals surface area contributed by atoms with Gasteiger partial charge in [0.25, 0.3) is 0 Å². The van der Waals surface area contributed by atoms with Gasteiger partial charge in [0, 0.05) is 16.1 Å². The monoisotopic (exact) mass is 358 g/mol. The molecule has 0 amide bonds. The molecule has 0 aliphatic rings. The summed E-state index contributed by atoms with van der Waals surface area (Å²) in [6, 6.07) is 9.77. The molecule has 1 atom stereocenters. The number of methoxy groups -OCH3 is 2. The van der Waals surface area contributed by atoms with Crippen LogP contribution in [0.4, 0.5) is 4.39 Å². The summed E-state index contributed by atoms with van der Waals surface area (Å²) in [7, 11) is 3.14. The van der Waals surface area contributed by atoms with Crippen molar-refractivity contribution in [2.45, 2.75) is 5.38 Å². The van der Waals surface area contributed by atoms with Gasteiger partial charge in [-0.1, -0.05) is 15.9 Å². The average Bonchev–Trinajstić information content (AvgIpc) is 2.48. The molecule has 0 saturated heterocycles. The van der Waals surface area contributed by atoms with Crippen LogP contribution in [-0.4, -0.2) is 14.2 Å². The number of benzene rings is 2. The second-order valence-corrected chi connectivity index (χ2v) is 5.43. The van der Waals surface area contributed by atoms with E-state index in [2.05, 4.69) is 15.9 Å². The van der Waals surface area contributed by atoms with Crippen LogP contribution in [0.5, 0.6) is 11.5 Å². The third-order valence-electron chi connectivity index (χ3n) is 2.94. The molecule has 0 saturated carbocycles. The number of ether oxygens (including phenoxy) is 2. The van der Waals surface area contributed by atoms with E-state index in [1.807, 2.05) is 6.07 Å². The van der Waals surface area contributed by atoms with Gasteiger partial charge < -0.3 is 9.47 Å². The Morgan fingerprint density at radius 3 is 2.45 bits per heavy atom. The molecule has 0 aliphatic heterocycles. The van der Waals surface area contributed by atoms with Crippen molar-refractivity contribution in [3.63, 3.8) is 0 Å². The van der Waals surface area contributed by atoms with Crippen molar-refractivity contribution in [1.82, 2.24) is 0 Å². The summed E-state index contributed by atoms with van der Waals surface area (Å²) in [5, 5.41) is -0.527. The SMILES string of the molecule is COc1ccc(C(Cl)c2cc(F)ccc2Br)c(OC)c1.